The summed E-state index contributed by atoms with van der Waals surface area (Å²) in [5.41, 5.74) is 0. The molecule has 5 nitrogen and oxygen atoms in total. The molecule has 0 saturated carbocycles. The van der Waals surface area contributed by atoms with E-state index in [0.717, 1.165) is 25.8 Å². The zero-order valence-electron chi connectivity index (χ0n) is 10.4. The van der Waals surface area contributed by atoms with Gasteiger partial charge >= 0.3 is 12.0 Å². The highest BCUT2D eigenvalue weighted by Gasteiger charge is 2.23. The molecule has 0 aromatic rings. The predicted molar refractivity (Wildman–Crippen MR) is 64.9 cm³/mol. The van der Waals surface area contributed by atoms with E-state index in [-0.39, 0.29) is 12.5 Å². The van der Waals surface area contributed by atoms with Crippen molar-refractivity contribution in [3.8, 4) is 0 Å². The number of hydrogen-bond acceptors (Lipinski definition) is 2. The average molecular weight is 242 g/mol. The van der Waals surface area contributed by atoms with Crippen molar-refractivity contribution < 1.29 is 14.7 Å². The molecule has 0 aliphatic carbocycles. The second kappa shape index (κ2) is 7.14. The van der Waals surface area contributed by atoms with Crippen molar-refractivity contribution in [3.05, 3.63) is 0 Å². The molecule has 1 fully saturated rings. The Hall–Kier alpha value is -1.26. The molecule has 2 amide bonds. The van der Waals surface area contributed by atoms with Gasteiger partial charge in [0.1, 0.15) is 0 Å². The van der Waals surface area contributed by atoms with Crippen LogP contribution in [-0.2, 0) is 4.79 Å². The lowest BCUT2D eigenvalue weighted by molar-refractivity contribution is -0.137. The van der Waals surface area contributed by atoms with Crippen LogP contribution in [0, 0.1) is 5.92 Å². The highest BCUT2D eigenvalue weighted by molar-refractivity contribution is 5.74. The van der Waals surface area contributed by atoms with Crippen LogP contribution in [0.1, 0.15) is 39.0 Å². The number of nitrogens with zero attached hydrogens (tertiary/aromatic N) is 1. The number of carbonyl (C=O) groups is 2. The minimum absolute atomic E-state index is 0.00752. The first-order valence-electron chi connectivity index (χ1n) is 6.38. The Morgan fingerprint density at radius 2 is 2.24 bits per heavy atom. The predicted octanol–water partition coefficient (Wildman–Crippen LogP) is 1.68. The number of carbonyl (C=O) groups excluding carboxylic acids is 1. The first kappa shape index (κ1) is 13.8. The molecule has 0 radical (unpaired) electrons. The fourth-order valence-corrected chi connectivity index (χ4v) is 2.16. The lowest BCUT2D eigenvalue weighted by atomic mass is 9.93. The fourth-order valence-electron chi connectivity index (χ4n) is 2.16. The molecule has 1 saturated heterocycles. The number of aliphatic carboxylic acids is 1. The molecule has 1 heterocycles. The van der Waals surface area contributed by atoms with Gasteiger partial charge in [-0.05, 0) is 31.6 Å². The maximum Gasteiger partial charge on any atom is 0.317 e. The molecule has 1 unspecified atom stereocenters. The molecule has 1 aliphatic rings. The van der Waals surface area contributed by atoms with Gasteiger partial charge in [-0.15, -0.1) is 0 Å². The second-order valence-electron chi connectivity index (χ2n) is 4.62. The molecule has 5 heteroatoms. The van der Waals surface area contributed by atoms with Gasteiger partial charge in [0, 0.05) is 26.1 Å². The van der Waals surface area contributed by atoms with Crippen molar-refractivity contribution in [2.75, 3.05) is 19.6 Å². The Morgan fingerprint density at radius 3 is 2.88 bits per heavy atom. The first-order chi connectivity index (χ1) is 8.13. The second-order valence-corrected chi connectivity index (χ2v) is 4.62. The highest BCUT2D eigenvalue weighted by Crippen LogP contribution is 2.20. The molecule has 98 valence electrons. The van der Waals surface area contributed by atoms with Crippen molar-refractivity contribution in [2.45, 2.75) is 39.0 Å². The van der Waals surface area contributed by atoms with E-state index in [0.29, 0.717) is 25.4 Å². The van der Waals surface area contributed by atoms with E-state index >= 15 is 0 Å². The maximum atomic E-state index is 11.7. The van der Waals surface area contributed by atoms with E-state index in [1.807, 2.05) is 11.8 Å². The summed E-state index contributed by atoms with van der Waals surface area (Å²) in [6.07, 6.45) is 3.82. The van der Waals surface area contributed by atoms with Crippen molar-refractivity contribution in [2.24, 2.45) is 5.92 Å². The molecular formula is C12H22N2O3. The Balaban J connectivity index is 2.32. The smallest absolute Gasteiger partial charge is 0.317 e. The number of rotatable bonds is 5. The van der Waals surface area contributed by atoms with E-state index in [9.17, 15) is 9.59 Å². The molecule has 1 aliphatic heterocycles. The Bertz CT molecular complexity index is 268. The maximum absolute atomic E-state index is 11.7. The number of likely N-dealkylation sites (tertiary alicyclic amines) is 1. The average Bonchev–Trinajstić information content (AvgIpc) is 2.33. The monoisotopic (exact) mass is 242 g/mol. The van der Waals surface area contributed by atoms with Crippen LogP contribution in [0.5, 0.6) is 0 Å². The van der Waals surface area contributed by atoms with Crippen LogP contribution in [0.3, 0.4) is 0 Å². The lowest BCUT2D eigenvalue weighted by Gasteiger charge is -2.32. The zero-order valence-corrected chi connectivity index (χ0v) is 10.4. The van der Waals surface area contributed by atoms with Gasteiger partial charge in [-0.25, -0.2) is 4.79 Å². The van der Waals surface area contributed by atoms with Gasteiger partial charge in [0.05, 0.1) is 0 Å². The Labute approximate surface area is 102 Å². The van der Waals surface area contributed by atoms with Gasteiger partial charge in [0.15, 0.2) is 0 Å². The number of carboxylic acid groups (broad SMARTS) is 1. The van der Waals surface area contributed by atoms with E-state index < -0.39 is 5.97 Å². The summed E-state index contributed by atoms with van der Waals surface area (Å²) in [5, 5.41) is 11.5. The summed E-state index contributed by atoms with van der Waals surface area (Å²) in [6.45, 7) is 4.21. The summed E-state index contributed by atoms with van der Waals surface area (Å²) >= 11 is 0. The molecule has 0 aromatic heterocycles. The third-order valence-corrected chi connectivity index (χ3v) is 3.10. The Morgan fingerprint density at radius 1 is 1.47 bits per heavy atom. The van der Waals surface area contributed by atoms with Crippen molar-refractivity contribution >= 4 is 12.0 Å². The molecule has 1 atom stereocenters. The minimum Gasteiger partial charge on any atom is -0.481 e. The number of hydrogen-bond donors (Lipinski definition) is 2. The largest absolute Gasteiger partial charge is 0.481 e. The molecule has 0 bridgehead atoms. The summed E-state index contributed by atoms with van der Waals surface area (Å²) in [7, 11) is 0. The molecule has 0 spiro atoms. The van der Waals surface area contributed by atoms with Gasteiger partial charge in [0.25, 0.3) is 0 Å². The SMILES string of the molecule is CCCNC(=O)N1CCCC(CCC(=O)O)C1. The summed E-state index contributed by atoms with van der Waals surface area (Å²) in [4.78, 5) is 24.1. The molecule has 0 aromatic carbocycles. The van der Waals surface area contributed by atoms with Crippen LogP contribution >= 0.6 is 0 Å². The number of urea groups is 1. The van der Waals surface area contributed by atoms with Crippen molar-refractivity contribution in [3.63, 3.8) is 0 Å². The summed E-state index contributed by atoms with van der Waals surface area (Å²) < 4.78 is 0. The molecule has 2 N–H and O–H groups in total. The van der Waals surface area contributed by atoms with Gasteiger partial charge in [0.2, 0.25) is 0 Å². The third-order valence-electron chi connectivity index (χ3n) is 3.10. The number of nitrogens with one attached hydrogen (secondary N) is 1. The van der Waals surface area contributed by atoms with Crippen LogP contribution in [0.2, 0.25) is 0 Å². The van der Waals surface area contributed by atoms with E-state index in [2.05, 4.69) is 5.32 Å². The van der Waals surface area contributed by atoms with Crippen LogP contribution in [0.4, 0.5) is 4.79 Å². The number of piperidine rings is 1. The van der Waals surface area contributed by atoms with Crippen molar-refractivity contribution in [1.82, 2.24) is 10.2 Å². The number of carboxylic acids is 1. The number of amides is 2. The van der Waals surface area contributed by atoms with E-state index in [1.165, 1.54) is 0 Å². The quantitative estimate of drug-likeness (QED) is 0.770. The summed E-state index contributed by atoms with van der Waals surface area (Å²) in [6, 6.07) is -0.00752. The van der Waals surface area contributed by atoms with Gasteiger partial charge < -0.3 is 15.3 Å². The van der Waals surface area contributed by atoms with Gasteiger partial charge in [-0.3, -0.25) is 4.79 Å². The normalized spacial score (nSPS) is 20.1. The molecule has 17 heavy (non-hydrogen) atoms. The highest BCUT2D eigenvalue weighted by atomic mass is 16.4. The summed E-state index contributed by atoms with van der Waals surface area (Å²) in [5.74, 6) is -0.412. The first-order valence-corrected chi connectivity index (χ1v) is 6.38. The van der Waals surface area contributed by atoms with Crippen molar-refractivity contribution in [1.29, 1.82) is 0 Å². The van der Waals surface area contributed by atoms with Crippen LogP contribution in [0.25, 0.3) is 0 Å². The standard InChI is InChI=1S/C12H22N2O3/c1-2-7-13-12(17)14-8-3-4-10(9-14)5-6-11(15)16/h10H,2-9H2,1H3,(H,13,17)(H,15,16). The molecule has 1 rings (SSSR count). The Kier molecular flexibility index (Phi) is 5.80. The minimum atomic E-state index is -0.752. The molecular weight excluding hydrogens is 220 g/mol. The van der Waals surface area contributed by atoms with Crippen LogP contribution < -0.4 is 5.32 Å². The van der Waals surface area contributed by atoms with Crippen LogP contribution in [-0.4, -0.2) is 41.6 Å². The topological polar surface area (TPSA) is 69.6 Å². The lowest BCUT2D eigenvalue weighted by Crippen LogP contribution is -2.45. The van der Waals surface area contributed by atoms with E-state index in [4.69, 9.17) is 5.11 Å². The third kappa shape index (κ3) is 5.06. The van der Waals surface area contributed by atoms with Crippen LogP contribution in [0.15, 0.2) is 0 Å². The fraction of sp³-hybridized carbons (Fsp3) is 0.833. The zero-order chi connectivity index (χ0) is 12.7. The van der Waals surface area contributed by atoms with E-state index in [1.54, 1.807) is 0 Å². The van der Waals surface area contributed by atoms with Gasteiger partial charge in [-0.2, -0.15) is 0 Å². The van der Waals surface area contributed by atoms with Gasteiger partial charge in [-0.1, -0.05) is 6.92 Å².